The lowest BCUT2D eigenvalue weighted by Gasteiger charge is -2.39. The van der Waals surface area contributed by atoms with Gasteiger partial charge in [0.15, 0.2) is 23.1 Å². The summed E-state index contributed by atoms with van der Waals surface area (Å²) in [7, 11) is 0. The molecule has 0 spiro atoms. The van der Waals surface area contributed by atoms with Crippen LogP contribution in [0.4, 0.5) is 0 Å². The Bertz CT molecular complexity index is 1770. The molecule has 0 radical (unpaired) electrons. The van der Waals surface area contributed by atoms with Crippen molar-refractivity contribution in [3.63, 3.8) is 0 Å². The van der Waals surface area contributed by atoms with Crippen LogP contribution in [0.25, 0.3) is 0 Å². The van der Waals surface area contributed by atoms with Gasteiger partial charge in [-0.2, -0.15) is 0 Å². The van der Waals surface area contributed by atoms with E-state index in [1.165, 1.54) is 0 Å². The summed E-state index contributed by atoms with van der Waals surface area (Å²) in [6.07, 6.45) is 12.7. The second-order valence-electron chi connectivity index (χ2n) is 21.4. The Morgan fingerprint density at radius 2 is 1.04 bits per heavy atom. The number of nitrogens with one attached hydrogen (secondary N) is 4. The lowest BCUT2D eigenvalue weighted by molar-refractivity contribution is -0.144. The molecule has 6 fully saturated rings. The Kier molecular flexibility index (Phi) is 21.3. The summed E-state index contributed by atoms with van der Waals surface area (Å²) in [5.41, 5.74) is -1.96. The van der Waals surface area contributed by atoms with E-state index in [9.17, 15) is 48.3 Å². The highest BCUT2D eigenvalue weighted by molar-refractivity contribution is 6.38. The number of carbonyl (C=O) groups excluding carboxylic acids is 9. The van der Waals surface area contributed by atoms with Gasteiger partial charge in [-0.15, -0.1) is 0 Å². The topological polar surface area (TPSA) is 240 Å². The molecule has 6 aliphatic rings. The van der Waals surface area contributed by atoms with Gasteiger partial charge in [0.05, 0.1) is 11.1 Å². The predicted octanol–water partition coefficient (Wildman–Crippen LogP) is 5.11. The minimum Gasteiger partial charge on any atom is -0.385 e. The van der Waals surface area contributed by atoms with Crippen molar-refractivity contribution in [3.05, 3.63) is 0 Å². The lowest BCUT2D eigenvalue weighted by Crippen LogP contribution is -2.58. The van der Waals surface area contributed by atoms with E-state index in [0.29, 0.717) is 77.7 Å². The van der Waals surface area contributed by atoms with Crippen LogP contribution < -0.4 is 21.3 Å². The molecule has 6 rings (SSSR count). The molecule has 0 aromatic heterocycles. The van der Waals surface area contributed by atoms with Crippen LogP contribution in [0.3, 0.4) is 0 Å². The third-order valence-electron chi connectivity index (χ3n) is 15.7. The van der Waals surface area contributed by atoms with Crippen molar-refractivity contribution < 1.29 is 57.7 Å². The van der Waals surface area contributed by atoms with Crippen LogP contribution in [-0.4, -0.2) is 113 Å². The maximum absolute atomic E-state index is 13.7. The molecule has 2 aliphatic carbocycles. The third-order valence-corrected chi connectivity index (χ3v) is 15.7. The summed E-state index contributed by atoms with van der Waals surface area (Å²) >= 11 is 0. The molecule has 0 unspecified atom stereocenters. The number of ketones is 5. The van der Waals surface area contributed by atoms with E-state index in [-0.39, 0.29) is 78.5 Å². The zero-order valence-corrected chi connectivity index (χ0v) is 41.4. The maximum atomic E-state index is 13.7. The van der Waals surface area contributed by atoms with Gasteiger partial charge in [0.25, 0.3) is 0 Å². The molecular formula is C52H82N4O12. The first kappa shape index (κ1) is 55.0. The van der Waals surface area contributed by atoms with E-state index in [4.69, 9.17) is 9.47 Å². The van der Waals surface area contributed by atoms with E-state index >= 15 is 0 Å². The van der Waals surface area contributed by atoms with Crippen molar-refractivity contribution >= 4 is 52.5 Å². The van der Waals surface area contributed by atoms with Crippen molar-refractivity contribution in [1.82, 2.24) is 21.3 Å². The highest BCUT2D eigenvalue weighted by atomic mass is 16.5. The van der Waals surface area contributed by atoms with Gasteiger partial charge >= 0.3 is 0 Å². The summed E-state index contributed by atoms with van der Waals surface area (Å²) < 4.78 is 11.0. The maximum Gasteiger partial charge on any atom is 0.249 e. The van der Waals surface area contributed by atoms with Gasteiger partial charge in [-0.05, 0) is 88.9 Å². The van der Waals surface area contributed by atoms with E-state index in [0.717, 1.165) is 77.0 Å². The number of carbonyl (C=O) groups is 9. The number of hydrogen-bond donors (Lipinski definition) is 5. The minimum atomic E-state index is -1.31. The summed E-state index contributed by atoms with van der Waals surface area (Å²) in [5, 5.41) is 22.7. The fourth-order valence-electron chi connectivity index (χ4n) is 11.1. The predicted molar refractivity (Wildman–Crippen MR) is 253 cm³/mol. The zero-order chi connectivity index (χ0) is 49.4. The van der Waals surface area contributed by atoms with Crippen LogP contribution in [0.15, 0.2) is 0 Å². The molecule has 4 amide bonds. The summed E-state index contributed by atoms with van der Waals surface area (Å²) in [5.74, 6) is -5.16. The first-order chi connectivity index (χ1) is 32.5. The highest BCUT2D eigenvalue weighted by Gasteiger charge is 2.46. The highest BCUT2D eigenvalue weighted by Crippen LogP contribution is 2.36. The second-order valence-corrected chi connectivity index (χ2v) is 21.4. The van der Waals surface area contributed by atoms with Crippen molar-refractivity contribution in [2.24, 2.45) is 35.5 Å². The summed E-state index contributed by atoms with van der Waals surface area (Å²) in [4.78, 5) is 116. The molecular weight excluding hydrogens is 873 g/mol. The van der Waals surface area contributed by atoms with Crippen LogP contribution in [0.1, 0.15) is 182 Å². The number of ether oxygens (including phenoxy) is 2. The SMILES string of the molecule is CC(C)[C@H](CC(=O)C1(NC(=O)[C@H]2CCCO2)CCCCC1)C(=O)C(=O)C[C@H]1CCCCNC1=O.CC(C)[C@H](CC(=O)C1(NC(=O)[C@H]2CCCO2)CCCCC1)[C@H](O)C(=O)C[C@H]1CCCCNC1=O. The van der Waals surface area contributed by atoms with Gasteiger partial charge in [0, 0.05) is 75.7 Å². The van der Waals surface area contributed by atoms with Crippen molar-refractivity contribution in [3.8, 4) is 0 Å². The van der Waals surface area contributed by atoms with E-state index < -0.39 is 64.6 Å². The Hall–Kier alpha value is -3.89. The number of amides is 4. The Morgan fingerprint density at radius 3 is 1.47 bits per heavy atom. The molecule has 0 aromatic carbocycles. The van der Waals surface area contributed by atoms with Crippen LogP contribution in [0, 0.1) is 35.5 Å². The first-order valence-electron chi connectivity index (χ1n) is 26.2. The molecule has 382 valence electrons. The number of rotatable bonds is 20. The Morgan fingerprint density at radius 1 is 0.588 bits per heavy atom. The normalized spacial score (nSPS) is 26.3. The average Bonchev–Trinajstić information content (AvgIpc) is 4.00. The minimum absolute atomic E-state index is 0.00862. The number of hydrogen-bond acceptors (Lipinski definition) is 12. The largest absolute Gasteiger partial charge is 0.385 e. The molecule has 4 aliphatic heterocycles. The van der Waals surface area contributed by atoms with Crippen LogP contribution in [0.5, 0.6) is 0 Å². The van der Waals surface area contributed by atoms with Gasteiger partial charge in [0.1, 0.15) is 18.3 Å². The van der Waals surface area contributed by atoms with Crippen molar-refractivity contribution in [1.29, 1.82) is 0 Å². The average molecular weight is 955 g/mol. The molecule has 2 saturated carbocycles. The Labute approximate surface area is 403 Å². The van der Waals surface area contributed by atoms with Crippen LogP contribution >= 0.6 is 0 Å². The van der Waals surface area contributed by atoms with Gasteiger partial charge in [-0.1, -0.05) is 79.1 Å². The first-order valence-corrected chi connectivity index (χ1v) is 26.2. The van der Waals surface area contributed by atoms with Gasteiger partial charge in [-0.3, -0.25) is 43.2 Å². The summed E-state index contributed by atoms with van der Waals surface area (Å²) in [6.45, 7) is 9.78. The van der Waals surface area contributed by atoms with Crippen molar-refractivity contribution in [2.75, 3.05) is 26.3 Å². The molecule has 4 heterocycles. The second kappa shape index (κ2) is 26.4. The molecule has 0 aromatic rings. The van der Waals surface area contributed by atoms with Gasteiger partial charge in [0.2, 0.25) is 29.4 Å². The van der Waals surface area contributed by atoms with E-state index in [1.54, 1.807) is 0 Å². The smallest absolute Gasteiger partial charge is 0.249 e. The lowest BCUT2D eigenvalue weighted by atomic mass is 9.73. The van der Waals surface area contributed by atoms with Crippen LogP contribution in [-0.2, 0) is 52.6 Å². The van der Waals surface area contributed by atoms with E-state index in [2.05, 4.69) is 21.3 Å². The monoisotopic (exact) mass is 955 g/mol. The number of Topliss-reactive ketones (excluding diaryl/α,β-unsaturated/α-hetero) is 5. The fourth-order valence-corrected chi connectivity index (χ4v) is 11.1. The van der Waals surface area contributed by atoms with Gasteiger partial charge < -0.3 is 35.8 Å². The molecule has 5 N–H and O–H groups in total. The Balaban J connectivity index is 0.000000254. The molecule has 7 atom stereocenters. The fraction of sp³-hybridized carbons (Fsp3) is 0.827. The third kappa shape index (κ3) is 15.1. The van der Waals surface area contributed by atoms with Gasteiger partial charge in [-0.25, -0.2) is 0 Å². The van der Waals surface area contributed by atoms with Crippen molar-refractivity contribution in [2.45, 2.75) is 211 Å². The molecule has 0 bridgehead atoms. The number of aliphatic hydroxyl groups excluding tert-OH is 1. The molecule has 68 heavy (non-hydrogen) atoms. The zero-order valence-electron chi connectivity index (χ0n) is 41.4. The van der Waals surface area contributed by atoms with E-state index in [1.807, 2.05) is 27.7 Å². The summed E-state index contributed by atoms with van der Waals surface area (Å²) in [6, 6.07) is 0. The standard InChI is InChI=1S/C26H42N2O6.C26H40N2O6/c2*1-17(2)19(23(31)20(29)15-18-9-4-7-13-27-24(18)32)16-22(30)26(11-5-3-6-12-26)28-25(33)21-10-8-14-34-21/h17-19,21,23,31H,3-16H2,1-2H3,(H,27,32)(H,28,33);17-19,21H,3-16H2,1-2H3,(H,27,32)(H,28,33)/t18-,19+,21-,23+;18-,19+,21-/m11/s1. The molecule has 4 saturated heterocycles. The molecule has 16 nitrogen and oxygen atoms in total. The number of aliphatic hydroxyl groups is 1. The quantitative estimate of drug-likeness (QED) is 0.100. The molecule has 16 heteroatoms. The van der Waals surface area contributed by atoms with Crippen LogP contribution in [0.2, 0.25) is 0 Å².